The summed E-state index contributed by atoms with van der Waals surface area (Å²) in [6.07, 6.45) is -2.20. The molecule has 2 heterocycles. The van der Waals surface area contributed by atoms with Gasteiger partial charge in [-0.3, -0.25) is 15.6 Å². The third kappa shape index (κ3) is 6.46. The lowest BCUT2D eigenvalue weighted by atomic mass is 9.86. The van der Waals surface area contributed by atoms with E-state index in [1.54, 1.807) is 0 Å². The molecule has 4 rings (SSSR count). The van der Waals surface area contributed by atoms with Crippen LogP contribution in [0.5, 0.6) is 5.75 Å². The van der Waals surface area contributed by atoms with Crippen LogP contribution in [-0.2, 0) is 15.1 Å². The molecule has 188 valence electrons. The van der Waals surface area contributed by atoms with E-state index in [2.05, 4.69) is 66.6 Å². The molecule has 0 aromatic heterocycles. The van der Waals surface area contributed by atoms with Crippen molar-refractivity contribution in [3.8, 4) is 5.75 Å². The molecule has 0 radical (unpaired) electrons. The van der Waals surface area contributed by atoms with Gasteiger partial charge in [0.1, 0.15) is 11.4 Å². The average Bonchev–Trinajstić information content (AvgIpc) is 3.19. The largest absolute Gasteiger partial charge is 0.573 e. The lowest BCUT2D eigenvalue weighted by Crippen LogP contribution is -2.45. The van der Waals surface area contributed by atoms with E-state index in [9.17, 15) is 18.0 Å². The number of hydrogen-bond donors (Lipinski definition) is 2. The minimum absolute atomic E-state index is 0.0812. The molecule has 1 fully saturated rings. The molecule has 1 spiro atoms. The lowest BCUT2D eigenvalue weighted by Gasteiger charge is -2.35. The maximum absolute atomic E-state index is 12.2. The number of nitrogens with zero attached hydrogens (tertiary/aromatic N) is 1. The number of halogens is 3. The van der Waals surface area contributed by atoms with Gasteiger partial charge in [-0.15, -0.1) is 18.2 Å². The number of carbonyl (C=O) groups excluding carboxylic acids is 1. The quantitative estimate of drug-likeness (QED) is 0.567. The normalized spacial score (nSPS) is 18.1. The first kappa shape index (κ1) is 24.9. The predicted molar refractivity (Wildman–Crippen MR) is 124 cm³/mol. The van der Waals surface area contributed by atoms with Crippen molar-refractivity contribution in [2.45, 2.75) is 51.0 Å². The standard InChI is InChI=1S/C25H28F3N3O4/c1-23(2,3)18-6-4-17(5-7-18)21-16-24(35-30-21)12-14-31(15-13-24)34-22(32)29-19-8-10-20(11-9-19)33-25(26,27)28/h4-11,16,30H,12-15H2,1-3H3,(H,29,32). The lowest BCUT2D eigenvalue weighted by molar-refractivity contribution is -0.274. The predicted octanol–water partition coefficient (Wildman–Crippen LogP) is 5.76. The topological polar surface area (TPSA) is 72.1 Å². The monoisotopic (exact) mass is 491 g/mol. The summed E-state index contributed by atoms with van der Waals surface area (Å²) in [5.74, 6) is -0.375. The van der Waals surface area contributed by atoms with Crippen LogP contribution in [-0.4, -0.2) is 36.2 Å². The number of ether oxygens (including phenoxy) is 1. The number of carbonyl (C=O) groups is 1. The van der Waals surface area contributed by atoms with Crippen molar-refractivity contribution in [3.05, 3.63) is 65.7 Å². The second-order valence-corrected chi connectivity index (χ2v) is 9.66. The fourth-order valence-corrected chi connectivity index (χ4v) is 3.97. The van der Waals surface area contributed by atoms with Crippen molar-refractivity contribution in [1.29, 1.82) is 0 Å². The first-order chi connectivity index (χ1) is 16.4. The number of rotatable bonds is 4. The van der Waals surface area contributed by atoms with E-state index < -0.39 is 18.1 Å². The van der Waals surface area contributed by atoms with Crippen molar-refractivity contribution in [3.63, 3.8) is 0 Å². The summed E-state index contributed by atoms with van der Waals surface area (Å²) < 4.78 is 40.6. The summed E-state index contributed by atoms with van der Waals surface area (Å²) in [4.78, 5) is 23.5. The Labute approximate surface area is 201 Å². The summed E-state index contributed by atoms with van der Waals surface area (Å²) in [6, 6.07) is 13.2. The maximum Gasteiger partial charge on any atom is 0.573 e. The van der Waals surface area contributed by atoms with Gasteiger partial charge in [0, 0.05) is 18.8 Å². The molecular weight excluding hydrogens is 463 g/mol. The van der Waals surface area contributed by atoms with Crippen LogP contribution in [0.2, 0.25) is 0 Å². The van der Waals surface area contributed by atoms with E-state index in [1.807, 2.05) is 0 Å². The third-order valence-corrected chi connectivity index (χ3v) is 5.95. The zero-order valence-corrected chi connectivity index (χ0v) is 19.7. The van der Waals surface area contributed by atoms with E-state index in [4.69, 9.17) is 9.68 Å². The molecule has 0 atom stereocenters. The smallest absolute Gasteiger partial charge is 0.406 e. The van der Waals surface area contributed by atoms with Gasteiger partial charge in [-0.05, 0) is 59.7 Å². The first-order valence-electron chi connectivity index (χ1n) is 11.3. The van der Waals surface area contributed by atoms with Crippen LogP contribution < -0.4 is 15.5 Å². The SMILES string of the molecule is CC(C)(C)c1ccc(C2=CC3(CCN(OC(=O)Nc4ccc(OC(F)(F)F)cc4)CC3)ON2)cc1. The minimum Gasteiger partial charge on any atom is -0.406 e. The summed E-state index contributed by atoms with van der Waals surface area (Å²) in [6.45, 7) is 7.44. The molecule has 2 aliphatic rings. The molecule has 2 aromatic rings. The molecule has 0 aliphatic carbocycles. The number of amides is 1. The van der Waals surface area contributed by atoms with Crippen molar-refractivity contribution in [2.24, 2.45) is 0 Å². The highest BCUT2D eigenvalue weighted by molar-refractivity contribution is 5.84. The van der Waals surface area contributed by atoms with E-state index >= 15 is 0 Å². The molecule has 10 heteroatoms. The molecule has 35 heavy (non-hydrogen) atoms. The van der Waals surface area contributed by atoms with Crippen LogP contribution in [0.15, 0.2) is 54.6 Å². The van der Waals surface area contributed by atoms with Gasteiger partial charge in [0.15, 0.2) is 0 Å². The van der Waals surface area contributed by atoms with Crippen molar-refractivity contribution in [1.82, 2.24) is 10.5 Å². The highest BCUT2D eigenvalue weighted by atomic mass is 19.4. The Morgan fingerprint density at radius 2 is 1.66 bits per heavy atom. The number of nitrogens with one attached hydrogen (secondary N) is 2. The van der Waals surface area contributed by atoms with Crippen LogP contribution in [0, 0.1) is 0 Å². The molecule has 0 bridgehead atoms. The molecule has 0 unspecified atom stereocenters. The van der Waals surface area contributed by atoms with Gasteiger partial charge in [0.2, 0.25) is 0 Å². The molecule has 2 aromatic carbocycles. The summed E-state index contributed by atoms with van der Waals surface area (Å²) in [5.41, 5.74) is 6.13. The van der Waals surface area contributed by atoms with Gasteiger partial charge in [-0.25, -0.2) is 4.79 Å². The fourth-order valence-electron chi connectivity index (χ4n) is 3.97. The van der Waals surface area contributed by atoms with Crippen molar-refractivity contribution < 1.29 is 32.4 Å². The third-order valence-electron chi connectivity index (χ3n) is 5.95. The molecule has 0 saturated carbocycles. The average molecular weight is 492 g/mol. The summed E-state index contributed by atoms with van der Waals surface area (Å²) in [5, 5.41) is 4.03. The van der Waals surface area contributed by atoms with Crippen LogP contribution in [0.4, 0.5) is 23.7 Å². The second-order valence-electron chi connectivity index (χ2n) is 9.66. The highest BCUT2D eigenvalue weighted by Gasteiger charge is 2.40. The minimum atomic E-state index is -4.77. The van der Waals surface area contributed by atoms with Gasteiger partial charge in [-0.1, -0.05) is 45.0 Å². The summed E-state index contributed by atoms with van der Waals surface area (Å²) >= 11 is 0. The molecule has 7 nitrogen and oxygen atoms in total. The van der Waals surface area contributed by atoms with Crippen molar-refractivity contribution in [2.75, 3.05) is 18.4 Å². The van der Waals surface area contributed by atoms with Crippen LogP contribution >= 0.6 is 0 Å². The molecular formula is C25H28F3N3O4. The number of anilines is 1. The molecule has 1 amide bonds. The van der Waals surface area contributed by atoms with Gasteiger partial charge in [0.25, 0.3) is 0 Å². The van der Waals surface area contributed by atoms with Gasteiger partial charge >= 0.3 is 12.5 Å². The van der Waals surface area contributed by atoms with E-state index in [1.165, 1.54) is 22.8 Å². The Balaban J connectivity index is 1.28. The van der Waals surface area contributed by atoms with E-state index in [0.29, 0.717) is 25.9 Å². The highest BCUT2D eigenvalue weighted by Crippen LogP contribution is 2.35. The first-order valence-corrected chi connectivity index (χ1v) is 11.3. The van der Waals surface area contributed by atoms with E-state index in [-0.39, 0.29) is 16.9 Å². The summed E-state index contributed by atoms with van der Waals surface area (Å²) in [7, 11) is 0. The number of piperidine rings is 1. The van der Waals surface area contributed by atoms with Gasteiger partial charge < -0.3 is 9.57 Å². The Hall–Kier alpha value is -3.24. The molecule has 2 N–H and O–H groups in total. The number of alkyl halides is 3. The van der Waals surface area contributed by atoms with Crippen LogP contribution in [0.25, 0.3) is 5.70 Å². The van der Waals surface area contributed by atoms with Gasteiger partial charge in [-0.2, -0.15) is 0 Å². The fraction of sp³-hybridized carbons (Fsp3) is 0.400. The Bertz CT molecular complexity index is 1070. The van der Waals surface area contributed by atoms with Crippen molar-refractivity contribution >= 4 is 17.5 Å². The van der Waals surface area contributed by atoms with Gasteiger partial charge in [0.05, 0.1) is 5.70 Å². The maximum atomic E-state index is 12.2. The second kappa shape index (κ2) is 9.43. The Morgan fingerprint density at radius 3 is 2.23 bits per heavy atom. The number of hydrogen-bond acceptors (Lipinski definition) is 6. The Kier molecular flexibility index (Phi) is 6.70. The Morgan fingerprint density at radius 1 is 1.03 bits per heavy atom. The van der Waals surface area contributed by atoms with Crippen LogP contribution in [0.3, 0.4) is 0 Å². The molecule has 1 saturated heterocycles. The number of hydroxylamine groups is 3. The zero-order valence-electron chi connectivity index (χ0n) is 19.7. The van der Waals surface area contributed by atoms with Crippen LogP contribution in [0.1, 0.15) is 44.7 Å². The molecule has 2 aliphatic heterocycles. The van der Waals surface area contributed by atoms with E-state index in [0.717, 1.165) is 23.4 Å². The zero-order chi connectivity index (χ0) is 25.3. The number of benzene rings is 2.